The average Bonchev–Trinajstić information content (AvgIpc) is 3.31. The lowest BCUT2D eigenvalue weighted by molar-refractivity contribution is 0.0994. The first kappa shape index (κ1) is 26.5. The fourth-order valence-electron chi connectivity index (χ4n) is 4.93. The molecule has 37 heavy (non-hydrogen) atoms. The number of fused-ring (bicyclic) bond motifs is 1. The van der Waals surface area contributed by atoms with E-state index in [9.17, 15) is 4.79 Å². The molecule has 0 atom stereocenters. The Balaban J connectivity index is 1.58. The van der Waals surface area contributed by atoms with Crippen molar-refractivity contribution in [2.45, 2.75) is 64.7 Å². The van der Waals surface area contributed by atoms with E-state index in [-0.39, 0.29) is 34.0 Å². The highest BCUT2D eigenvalue weighted by Gasteiger charge is 2.37. The fourth-order valence-corrected chi connectivity index (χ4v) is 4.93. The van der Waals surface area contributed by atoms with Crippen molar-refractivity contribution in [3.05, 3.63) is 58.0 Å². The molecular formula is C29H38N4O4. The van der Waals surface area contributed by atoms with E-state index in [1.807, 2.05) is 20.2 Å². The normalized spacial score (nSPS) is 15.6. The van der Waals surface area contributed by atoms with Crippen molar-refractivity contribution < 1.29 is 18.7 Å². The topological polar surface area (TPSA) is 89.7 Å². The van der Waals surface area contributed by atoms with Crippen LogP contribution in [0.1, 0.15) is 79.1 Å². The second-order valence-electron chi connectivity index (χ2n) is 11.3. The fraction of sp³-hybridized carbons (Fsp3) is 0.483. The second-order valence-corrected chi connectivity index (χ2v) is 11.3. The van der Waals surface area contributed by atoms with Crippen LogP contribution in [0.25, 0.3) is 0 Å². The van der Waals surface area contributed by atoms with Crippen LogP contribution in [0.2, 0.25) is 0 Å². The number of aryl methyl sites for hydroxylation is 1. The molecule has 1 amide bonds. The third kappa shape index (κ3) is 5.15. The Labute approximate surface area is 219 Å². The monoisotopic (exact) mass is 506 g/mol. The number of carbonyl (C=O) groups is 1. The quantitative estimate of drug-likeness (QED) is 0.443. The maximum Gasteiger partial charge on any atom is 0.291 e. The zero-order valence-electron chi connectivity index (χ0n) is 23.4. The number of carbonyl (C=O) groups excluding carboxylic acids is 1. The van der Waals surface area contributed by atoms with Gasteiger partial charge in [0.25, 0.3) is 5.91 Å². The summed E-state index contributed by atoms with van der Waals surface area (Å²) in [4.78, 5) is 23.5. The summed E-state index contributed by atoms with van der Waals surface area (Å²) < 4.78 is 16.8. The Morgan fingerprint density at radius 1 is 1.00 bits per heavy atom. The molecule has 1 aliphatic rings. The molecule has 198 valence electrons. The van der Waals surface area contributed by atoms with E-state index in [1.54, 1.807) is 11.0 Å². The van der Waals surface area contributed by atoms with Crippen molar-refractivity contribution >= 4 is 17.5 Å². The molecule has 0 fully saturated rings. The summed E-state index contributed by atoms with van der Waals surface area (Å²) >= 11 is 0. The minimum absolute atomic E-state index is 0.129. The predicted molar refractivity (Wildman–Crippen MR) is 145 cm³/mol. The van der Waals surface area contributed by atoms with Gasteiger partial charge in [-0.15, -0.1) is 0 Å². The molecule has 0 unspecified atom stereocenters. The minimum Gasteiger partial charge on any atom is -0.479 e. The summed E-state index contributed by atoms with van der Waals surface area (Å²) in [7, 11) is 6.57. The Morgan fingerprint density at radius 3 is 2.11 bits per heavy atom. The van der Waals surface area contributed by atoms with Crippen LogP contribution in [0, 0.1) is 6.92 Å². The molecule has 1 aliphatic carbocycles. The molecule has 8 heteroatoms. The lowest BCUT2D eigenvalue weighted by Gasteiger charge is -2.42. The number of aromatic nitrogens is 2. The van der Waals surface area contributed by atoms with Gasteiger partial charge < -0.3 is 24.1 Å². The number of amides is 1. The minimum atomic E-state index is -0.436. The van der Waals surface area contributed by atoms with Crippen LogP contribution in [0.3, 0.4) is 0 Å². The van der Waals surface area contributed by atoms with E-state index in [4.69, 9.17) is 13.9 Å². The molecule has 2 aromatic heterocycles. The number of furan rings is 1. The van der Waals surface area contributed by atoms with Gasteiger partial charge in [0, 0.05) is 20.5 Å². The molecule has 8 nitrogen and oxygen atoms in total. The highest BCUT2D eigenvalue weighted by atomic mass is 16.5. The summed E-state index contributed by atoms with van der Waals surface area (Å²) in [6, 6.07) is 8.22. The van der Waals surface area contributed by atoms with Crippen LogP contribution >= 0.6 is 0 Å². The van der Waals surface area contributed by atoms with E-state index < -0.39 is 5.91 Å². The number of benzene rings is 1. The smallest absolute Gasteiger partial charge is 0.291 e. The van der Waals surface area contributed by atoms with Crippen molar-refractivity contribution in [3.63, 3.8) is 0 Å². The number of nitrogens with zero attached hydrogens (tertiary/aromatic N) is 3. The zero-order chi connectivity index (χ0) is 27.1. The van der Waals surface area contributed by atoms with Crippen LogP contribution in [0.5, 0.6) is 11.8 Å². The van der Waals surface area contributed by atoms with Gasteiger partial charge in [-0.3, -0.25) is 4.79 Å². The summed E-state index contributed by atoms with van der Waals surface area (Å²) in [5.41, 5.74) is 5.84. The third-order valence-corrected chi connectivity index (χ3v) is 7.42. The maximum atomic E-state index is 13.1. The molecule has 0 bridgehead atoms. The standard InChI is InChI=1S/C29H38N4O4/c1-17-14-20-21(29(4,5)13-12-28(20,2)3)16-18(17)15-19-10-11-22(37-19)24(34)30-23-25(35-8)31-27(33(6)7)32-26(23)36-9/h10-11,14,16H,12-13,15H2,1-9H3,(H,30,34). The molecule has 1 N–H and O–H groups in total. The van der Waals surface area contributed by atoms with Crippen LogP contribution in [0.15, 0.2) is 28.7 Å². The first-order valence-electron chi connectivity index (χ1n) is 12.6. The van der Waals surface area contributed by atoms with Gasteiger partial charge in [-0.05, 0) is 65.0 Å². The van der Waals surface area contributed by atoms with Crippen LogP contribution < -0.4 is 19.7 Å². The van der Waals surface area contributed by atoms with Crippen molar-refractivity contribution in [2.75, 3.05) is 38.5 Å². The summed E-state index contributed by atoms with van der Waals surface area (Å²) in [6.07, 6.45) is 2.95. The van der Waals surface area contributed by atoms with Crippen molar-refractivity contribution in [3.8, 4) is 11.8 Å². The number of anilines is 2. The maximum absolute atomic E-state index is 13.1. The Morgan fingerprint density at radius 2 is 1.57 bits per heavy atom. The Bertz CT molecular complexity index is 1300. The molecule has 0 saturated carbocycles. The van der Waals surface area contributed by atoms with Gasteiger partial charge in [-0.1, -0.05) is 39.8 Å². The molecule has 0 radical (unpaired) electrons. The van der Waals surface area contributed by atoms with Gasteiger partial charge in [0.1, 0.15) is 5.76 Å². The number of hydrogen-bond donors (Lipinski definition) is 1. The molecule has 0 aliphatic heterocycles. The van der Waals surface area contributed by atoms with E-state index in [0.717, 1.165) is 12.2 Å². The molecule has 2 heterocycles. The number of rotatable bonds is 7. The third-order valence-electron chi connectivity index (χ3n) is 7.42. The lowest BCUT2D eigenvalue weighted by Crippen LogP contribution is -2.34. The summed E-state index contributed by atoms with van der Waals surface area (Å²) in [5, 5.41) is 2.79. The molecule has 1 aromatic carbocycles. The number of hydrogen-bond acceptors (Lipinski definition) is 7. The van der Waals surface area contributed by atoms with Gasteiger partial charge in [0.05, 0.1) is 14.2 Å². The first-order valence-corrected chi connectivity index (χ1v) is 12.6. The van der Waals surface area contributed by atoms with Gasteiger partial charge in [0.2, 0.25) is 17.7 Å². The van der Waals surface area contributed by atoms with Gasteiger partial charge in [0.15, 0.2) is 11.4 Å². The highest BCUT2D eigenvalue weighted by molar-refractivity contribution is 6.03. The SMILES string of the molecule is COc1nc(N(C)C)nc(OC)c1NC(=O)c1ccc(Cc2cc3c(cc2C)C(C)(C)CCC3(C)C)o1. The molecule has 4 rings (SSSR count). The number of nitrogens with one attached hydrogen (secondary N) is 1. The van der Waals surface area contributed by atoms with Crippen molar-refractivity contribution in [2.24, 2.45) is 0 Å². The van der Waals surface area contributed by atoms with Crippen molar-refractivity contribution in [1.29, 1.82) is 0 Å². The van der Waals surface area contributed by atoms with Crippen LogP contribution in [-0.2, 0) is 17.3 Å². The van der Waals surface area contributed by atoms with Crippen LogP contribution in [0.4, 0.5) is 11.6 Å². The first-order chi connectivity index (χ1) is 17.4. The second kappa shape index (κ2) is 9.72. The average molecular weight is 507 g/mol. The van der Waals surface area contributed by atoms with Gasteiger partial charge in [-0.25, -0.2) is 0 Å². The number of ether oxygens (including phenoxy) is 2. The van der Waals surface area contributed by atoms with Crippen molar-refractivity contribution in [1.82, 2.24) is 9.97 Å². The molecule has 3 aromatic rings. The van der Waals surface area contributed by atoms with Crippen LogP contribution in [-0.4, -0.2) is 44.2 Å². The Hall–Kier alpha value is -3.55. The summed E-state index contributed by atoms with van der Waals surface area (Å²) in [6.45, 7) is 11.5. The van der Waals surface area contributed by atoms with Gasteiger partial charge in [-0.2, -0.15) is 9.97 Å². The molecule has 0 saturated heterocycles. The zero-order valence-corrected chi connectivity index (χ0v) is 23.4. The largest absolute Gasteiger partial charge is 0.479 e. The van der Waals surface area contributed by atoms with E-state index in [2.05, 4.69) is 62.0 Å². The van der Waals surface area contributed by atoms with E-state index in [1.165, 1.54) is 42.9 Å². The lowest BCUT2D eigenvalue weighted by atomic mass is 9.62. The summed E-state index contributed by atoms with van der Waals surface area (Å²) in [5.74, 6) is 1.27. The number of methoxy groups -OCH3 is 2. The predicted octanol–water partition coefficient (Wildman–Crippen LogP) is 5.65. The molecule has 0 spiro atoms. The van der Waals surface area contributed by atoms with E-state index in [0.29, 0.717) is 12.4 Å². The van der Waals surface area contributed by atoms with E-state index >= 15 is 0 Å². The molecular weight excluding hydrogens is 468 g/mol. The Kier molecular flexibility index (Phi) is 6.97. The van der Waals surface area contributed by atoms with Gasteiger partial charge >= 0.3 is 0 Å². The highest BCUT2D eigenvalue weighted by Crippen LogP contribution is 2.46.